The molecule has 0 saturated carbocycles. The number of fused-ring (bicyclic) bond motifs is 1. The number of ether oxygens (including phenoxy) is 1. The van der Waals surface area contributed by atoms with Crippen molar-refractivity contribution >= 4 is 16.9 Å². The van der Waals surface area contributed by atoms with E-state index in [2.05, 4.69) is 6.58 Å². The quantitative estimate of drug-likeness (QED) is 0.810. The van der Waals surface area contributed by atoms with Gasteiger partial charge in [0, 0.05) is 11.6 Å². The van der Waals surface area contributed by atoms with E-state index in [1.54, 1.807) is 10.8 Å². The Labute approximate surface area is 111 Å². The first-order valence-corrected chi connectivity index (χ1v) is 6.26. The molecule has 1 aromatic carbocycles. The van der Waals surface area contributed by atoms with Crippen molar-refractivity contribution < 1.29 is 14.6 Å². The van der Waals surface area contributed by atoms with Crippen LogP contribution in [0.1, 0.15) is 19.4 Å². The Morgan fingerprint density at radius 1 is 1.53 bits per heavy atom. The number of hydrogen-bond acceptors (Lipinski definition) is 2. The van der Waals surface area contributed by atoms with E-state index < -0.39 is 12.0 Å². The molecule has 0 radical (unpaired) electrons. The van der Waals surface area contributed by atoms with E-state index in [1.165, 1.54) is 6.08 Å². The van der Waals surface area contributed by atoms with Gasteiger partial charge in [0.1, 0.15) is 11.8 Å². The lowest BCUT2D eigenvalue weighted by molar-refractivity contribution is -0.139. The molecule has 1 aromatic heterocycles. The molecule has 0 bridgehead atoms. The first-order chi connectivity index (χ1) is 9.19. The Morgan fingerprint density at radius 3 is 2.95 bits per heavy atom. The van der Waals surface area contributed by atoms with Crippen molar-refractivity contribution in [3.63, 3.8) is 0 Å². The Kier molecular flexibility index (Phi) is 3.90. The zero-order chi connectivity index (χ0) is 13.8. The summed E-state index contributed by atoms with van der Waals surface area (Å²) >= 11 is 0. The number of benzene rings is 1. The van der Waals surface area contributed by atoms with E-state index >= 15 is 0 Å². The van der Waals surface area contributed by atoms with Crippen LogP contribution in [-0.4, -0.2) is 22.2 Å². The fraction of sp³-hybridized carbons (Fsp3) is 0.267. The van der Waals surface area contributed by atoms with Gasteiger partial charge in [-0.15, -0.1) is 6.58 Å². The molecule has 100 valence electrons. The van der Waals surface area contributed by atoms with Crippen molar-refractivity contribution in [2.24, 2.45) is 0 Å². The van der Waals surface area contributed by atoms with E-state index in [0.29, 0.717) is 6.61 Å². The molecular formula is C15H17NO3. The first kappa shape index (κ1) is 13.2. The van der Waals surface area contributed by atoms with E-state index in [0.717, 1.165) is 23.1 Å². The van der Waals surface area contributed by atoms with Crippen LogP contribution in [0.15, 0.2) is 43.1 Å². The Balaban J connectivity index is 2.48. The minimum Gasteiger partial charge on any atom is -0.493 e. The second-order valence-electron chi connectivity index (χ2n) is 4.28. The van der Waals surface area contributed by atoms with Gasteiger partial charge in [-0.1, -0.05) is 19.1 Å². The molecule has 19 heavy (non-hydrogen) atoms. The molecule has 0 aliphatic heterocycles. The Bertz CT molecular complexity index is 600. The summed E-state index contributed by atoms with van der Waals surface area (Å²) in [7, 11) is 0. The topological polar surface area (TPSA) is 51.5 Å². The molecule has 0 spiro atoms. The molecule has 0 aliphatic carbocycles. The molecular weight excluding hydrogens is 242 g/mol. The van der Waals surface area contributed by atoms with Crippen LogP contribution in [0, 0.1) is 0 Å². The molecule has 4 heteroatoms. The van der Waals surface area contributed by atoms with Gasteiger partial charge in [-0.2, -0.15) is 0 Å². The van der Waals surface area contributed by atoms with Gasteiger partial charge in [-0.25, -0.2) is 4.79 Å². The molecule has 1 N–H and O–H groups in total. The summed E-state index contributed by atoms with van der Waals surface area (Å²) in [6.45, 7) is 6.28. The highest BCUT2D eigenvalue weighted by Crippen LogP contribution is 2.29. The molecule has 0 fully saturated rings. The summed E-state index contributed by atoms with van der Waals surface area (Å²) < 4.78 is 7.35. The predicted octanol–water partition coefficient (Wildman–Crippen LogP) is 3.24. The van der Waals surface area contributed by atoms with Crippen molar-refractivity contribution in [3.05, 3.63) is 43.1 Å². The number of rotatable bonds is 6. The number of hydrogen-bond donors (Lipinski definition) is 1. The summed E-state index contributed by atoms with van der Waals surface area (Å²) in [5.41, 5.74) is 0.834. The maximum Gasteiger partial charge on any atom is 0.330 e. The molecule has 2 aromatic rings. The average Bonchev–Trinajstić information content (AvgIpc) is 2.81. The van der Waals surface area contributed by atoms with Gasteiger partial charge in [0.25, 0.3) is 0 Å². The second kappa shape index (κ2) is 5.61. The van der Waals surface area contributed by atoms with Crippen LogP contribution in [0.2, 0.25) is 0 Å². The largest absolute Gasteiger partial charge is 0.493 e. The second-order valence-corrected chi connectivity index (χ2v) is 4.28. The van der Waals surface area contributed by atoms with Gasteiger partial charge in [-0.3, -0.25) is 0 Å². The fourth-order valence-electron chi connectivity index (χ4n) is 2.07. The third kappa shape index (κ3) is 2.47. The van der Waals surface area contributed by atoms with E-state index in [1.807, 2.05) is 31.2 Å². The molecule has 0 aliphatic rings. The van der Waals surface area contributed by atoms with Crippen molar-refractivity contribution in [1.82, 2.24) is 4.57 Å². The third-order valence-corrected chi connectivity index (χ3v) is 2.96. The van der Waals surface area contributed by atoms with Crippen LogP contribution in [0.3, 0.4) is 0 Å². The normalized spacial score (nSPS) is 12.3. The SMILES string of the molecule is C=CC(C(=O)O)n1ccc2c(OCCC)cccc21. The number of aliphatic carboxylic acids is 1. The number of carboxylic acid groups (broad SMARTS) is 1. The highest BCUT2D eigenvalue weighted by Gasteiger charge is 2.18. The Hall–Kier alpha value is -2.23. The summed E-state index contributed by atoms with van der Waals surface area (Å²) in [5, 5.41) is 10.1. The minimum atomic E-state index is -0.924. The molecule has 2 rings (SSSR count). The minimum absolute atomic E-state index is 0.647. The average molecular weight is 259 g/mol. The fourth-order valence-corrected chi connectivity index (χ4v) is 2.07. The van der Waals surface area contributed by atoms with Gasteiger partial charge in [-0.05, 0) is 24.6 Å². The third-order valence-electron chi connectivity index (χ3n) is 2.96. The van der Waals surface area contributed by atoms with E-state index in [-0.39, 0.29) is 0 Å². The van der Waals surface area contributed by atoms with E-state index in [4.69, 9.17) is 4.74 Å². The first-order valence-electron chi connectivity index (χ1n) is 6.26. The number of carbonyl (C=O) groups is 1. The van der Waals surface area contributed by atoms with Crippen molar-refractivity contribution in [2.45, 2.75) is 19.4 Å². The standard InChI is InChI=1S/C15H17NO3/c1-3-10-19-14-7-5-6-13-11(14)8-9-16(13)12(4-2)15(17)18/h4-9,12H,2-3,10H2,1H3,(H,17,18). The summed E-state index contributed by atoms with van der Waals surface area (Å²) in [4.78, 5) is 11.2. The molecule has 0 saturated heterocycles. The lowest BCUT2D eigenvalue weighted by Crippen LogP contribution is -2.15. The zero-order valence-corrected chi connectivity index (χ0v) is 10.9. The van der Waals surface area contributed by atoms with Crippen molar-refractivity contribution in [2.75, 3.05) is 6.61 Å². The molecule has 0 amide bonds. The van der Waals surface area contributed by atoms with Crippen LogP contribution in [0.4, 0.5) is 0 Å². The Morgan fingerprint density at radius 2 is 2.32 bits per heavy atom. The number of aromatic nitrogens is 1. The molecule has 1 atom stereocenters. The summed E-state index contributed by atoms with van der Waals surface area (Å²) in [6.07, 6.45) is 4.10. The van der Waals surface area contributed by atoms with Crippen molar-refractivity contribution in [1.29, 1.82) is 0 Å². The van der Waals surface area contributed by atoms with Crippen LogP contribution in [0.25, 0.3) is 10.9 Å². The maximum absolute atomic E-state index is 11.2. The highest BCUT2D eigenvalue weighted by molar-refractivity contribution is 5.88. The van der Waals surface area contributed by atoms with Gasteiger partial charge < -0.3 is 14.4 Å². The monoisotopic (exact) mass is 259 g/mol. The van der Waals surface area contributed by atoms with Gasteiger partial charge in [0.2, 0.25) is 0 Å². The lowest BCUT2D eigenvalue weighted by atomic mass is 10.2. The summed E-state index contributed by atoms with van der Waals surface area (Å²) in [5.74, 6) is -0.140. The lowest BCUT2D eigenvalue weighted by Gasteiger charge is -2.12. The van der Waals surface area contributed by atoms with Crippen LogP contribution < -0.4 is 4.74 Å². The maximum atomic E-state index is 11.2. The van der Waals surface area contributed by atoms with E-state index in [9.17, 15) is 9.90 Å². The predicted molar refractivity (Wildman–Crippen MR) is 74.6 cm³/mol. The highest BCUT2D eigenvalue weighted by atomic mass is 16.5. The summed E-state index contributed by atoms with van der Waals surface area (Å²) in [6, 6.07) is 6.75. The van der Waals surface area contributed by atoms with Gasteiger partial charge in [0.15, 0.2) is 0 Å². The van der Waals surface area contributed by atoms with Crippen LogP contribution in [-0.2, 0) is 4.79 Å². The molecule has 4 nitrogen and oxygen atoms in total. The smallest absolute Gasteiger partial charge is 0.330 e. The van der Waals surface area contributed by atoms with Gasteiger partial charge >= 0.3 is 5.97 Å². The number of carboxylic acids is 1. The zero-order valence-electron chi connectivity index (χ0n) is 10.9. The van der Waals surface area contributed by atoms with Crippen LogP contribution in [0.5, 0.6) is 5.75 Å². The van der Waals surface area contributed by atoms with Crippen molar-refractivity contribution in [3.8, 4) is 5.75 Å². The van der Waals surface area contributed by atoms with Crippen LogP contribution >= 0.6 is 0 Å². The molecule has 1 heterocycles. The van der Waals surface area contributed by atoms with Gasteiger partial charge in [0.05, 0.1) is 12.1 Å². The molecule has 1 unspecified atom stereocenters. The number of nitrogens with zero attached hydrogens (tertiary/aromatic N) is 1.